The minimum absolute atomic E-state index is 0.214. The Morgan fingerprint density at radius 3 is 2.91 bits per heavy atom. The van der Waals surface area contributed by atoms with Crippen molar-refractivity contribution in [3.63, 3.8) is 0 Å². The molecular weight excluding hydrogens is 304 g/mol. The summed E-state index contributed by atoms with van der Waals surface area (Å²) in [6, 6.07) is 8.53. The average molecular weight is 328 g/mol. The van der Waals surface area contributed by atoms with E-state index in [-0.39, 0.29) is 5.91 Å². The molecule has 1 aliphatic carbocycles. The molecule has 1 atom stereocenters. The molecule has 1 heterocycles. The molecule has 0 fully saturated rings. The van der Waals surface area contributed by atoms with Crippen molar-refractivity contribution in [1.82, 2.24) is 9.88 Å². The van der Waals surface area contributed by atoms with Crippen LogP contribution in [0.3, 0.4) is 0 Å². The molecule has 1 aromatic carbocycles. The number of fused-ring (bicyclic) bond motifs is 1. The summed E-state index contributed by atoms with van der Waals surface area (Å²) < 4.78 is 0. The molecule has 0 bridgehead atoms. The third kappa shape index (κ3) is 3.63. The number of thiazole rings is 1. The number of aryl methyl sites for hydroxylation is 1. The first-order valence-corrected chi connectivity index (χ1v) is 9.18. The second-order valence-corrected chi connectivity index (χ2v) is 7.61. The van der Waals surface area contributed by atoms with Gasteiger partial charge in [-0.15, -0.1) is 11.3 Å². The number of hydrogen-bond acceptors (Lipinski definition) is 3. The molecule has 122 valence electrons. The van der Waals surface area contributed by atoms with Gasteiger partial charge in [0, 0.05) is 24.8 Å². The molecule has 3 rings (SSSR count). The van der Waals surface area contributed by atoms with E-state index < -0.39 is 0 Å². The van der Waals surface area contributed by atoms with Gasteiger partial charge < -0.3 is 4.90 Å². The fourth-order valence-corrected chi connectivity index (χ4v) is 4.04. The van der Waals surface area contributed by atoms with Crippen molar-refractivity contribution in [1.29, 1.82) is 0 Å². The summed E-state index contributed by atoms with van der Waals surface area (Å²) >= 11 is 1.69. The summed E-state index contributed by atoms with van der Waals surface area (Å²) in [4.78, 5) is 19.0. The number of carbonyl (C=O) groups is 1. The smallest absolute Gasteiger partial charge is 0.223 e. The summed E-state index contributed by atoms with van der Waals surface area (Å²) in [6.45, 7) is 4.90. The predicted molar refractivity (Wildman–Crippen MR) is 94.8 cm³/mol. The number of carbonyl (C=O) groups excluding carboxylic acids is 1. The van der Waals surface area contributed by atoms with E-state index in [1.165, 1.54) is 11.1 Å². The molecule has 0 N–H and O–H groups in total. The minimum atomic E-state index is 0.214. The molecule has 0 radical (unpaired) electrons. The van der Waals surface area contributed by atoms with Crippen molar-refractivity contribution in [2.75, 3.05) is 7.05 Å². The molecule has 1 aromatic heterocycles. The zero-order chi connectivity index (χ0) is 16.4. The molecule has 0 aliphatic heterocycles. The van der Waals surface area contributed by atoms with Crippen LogP contribution in [0.2, 0.25) is 0 Å². The second kappa shape index (κ2) is 6.83. The van der Waals surface area contributed by atoms with Gasteiger partial charge in [-0.3, -0.25) is 4.79 Å². The zero-order valence-corrected chi connectivity index (χ0v) is 14.9. The van der Waals surface area contributed by atoms with E-state index in [2.05, 4.69) is 48.5 Å². The van der Waals surface area contributed by atoms with Crippen molar-refractivity contribution < 1.29 is 4.79 Å². The number of amides is 1. The lowest BCUT2D eigenvalue weighted by atomic mass is 9.97. The van der Waals surface area contributed by atoms with Crippen LogP contribution in [0.15, 0.2) is 29.6 Å². The lowest BCUT2D eigenvalue weighted by molar-refractivity contribution is -0.130. The number of rotatable bonds is 5. The molecule has 2 aromatic rings. The van der Waals surface area contributed by atoms with Crippen LogP contribution in [0.5, 0.6) is 0 Å². The molecule has 23 heavy (non-hydrogen) atoms. The Bertz CT molecular complexity index is 692. The van der Waals surface area contributed by atoms with Crippen LogP contribution in [-0.2, 0) is 17.8 Å². The quantitative estimate of drug-likeness (QED) is 0.818. The van der Waals surface area contributed by atoms with Crippen molar-refractivity contribution in [3.8, 4) is 0 Å². The van der Waals surface area contributed by atoms with Crippen LogP contribution < -0.4 is 0 Å². The Kier molecular flexibility index (Phi) is 4.81. The van der Waals surface area contributed by atoms with E-state index in [4.69, 9.17) is 0 Å². The zero-order valence-electron chi connectivity index (χ0n) is 14.1. The molecule has 1 aliphatic rings. The van der Waals surface area contributed by atoms with Gasteiger partial charge in [-0.2, -0.15) is 0 Å². The highest BCUT2D eigenvalue weighted by atomic mass is 32.1. The predicted octanol–water partition coefficient (Wildman–Crippen LogP) is 4.35. The fourth-order valence-electron chi connectivity index (χ4n) is 3.22. The van der Waals surface area contributed by atoms with Gasteiger partial charge in [-0.1, -0.05) is 38.1 Å². The van der Waals surface area contributed by atoms with E-state index in [0.29, 0.717) is 24.8 Å². The topological polar surface area (TPSA) is 33.2 Å². The van der Waals surface area contributed by atoms with Crippen LogP contribution in [0, 0.1) is 0 Å². The van der Waals surface area contributed by atoms with Gasteiger partial charge in [-0.25, -0.2) is 4.98 Å². The molecule has 0 saturated carbocycles. The first kappa shape index (κ1) is 16.2. The van der Waals surface area contributed by atoms with E-state index in [1.807, 2.05) is 11.9 Å². The summed E-state index contributed by atoms with van der Waals surface area (Å²) in [5.41, 5.74) is 3.78. The average Bonchev–Trinajstić information content (AvgIpc) is 3.15. The third-order valence-electron chi connectivity index (χ3n) is 4.57. The lowest BCUT2D eigenvalue weighted by Gasteiger charge is -2.19. The first-order valence-electron chi connectivity index (χ1n) is 8.30. The number of aromatic nitrogens is 1. The summed E-state index contributed by atoms with van der Waals surface area (Å²) in [5, 5.41) is 3.22. The van der Waals surface area contributed by atoms with Crippen LogP contribution >= 0.6 is 11.3 Å². The maximum absolute atomic E-state index is 12.6. The highest BCUT2D eigenvalue weighted by Crippen LogP contribution is 2.35. The summed E-state index contributed by atoms with van der Waals surface area (Å²) in [5.74, 6) is 1.04. The second-order valence-electron chi connectivity index (χ2n) is 6.72. The van der Waals surface area contributed by atoms with Crippen molar-refractivity contribution in [2.24, 2.45) is 0 Å². The maximum atomic E-state index is 12.6. The van der Waals surface area contributed by atoms with Crippen molar-refractivity contribution in [3.05, 3.63) is 51.5 Å². The molecule has 0 saturated heterocycles. The van der Waals surface area contributed by atoms with Crippen LogP contribution in [0.4, 0.5) is 0 Å². The Morgan fingerprint density at radius 2 is 2.17 bits per heavy atom. The normalized spacial score (nSPS) is 16.6. The van der Waals surface area contributed by atoms with Gasteiger partial charge in [0.05, 0.1) is 17.2 Å². The van der Waals surface area contributed by atoms with Crippen LogP contribution in [0.1, 0.15) is 60.4 Å². The molecule has 3 nitrogen and oxygen atoms in total. The highest BCUT2D eigenvalue weighted by Gasteiger charge is 2.25. The molecular formula is C19H24N2OS. The Balaban J connectivity index is 1.60. The van der Waals surface area contributed by atoms with E-state index in [0.717, 1.165) is 23.5 Å². The van der Waals surface area contributed by atoms with Gasteiger partial charge >= 0.3 is 0 Å². The maximum Gasteiger partial charge on any atom is 0.223 e. The highest BCUT2D eigenvalue weighted by molar-refractivity contribution is 7.09. The standard InChI is InChI=1S/C19H24N2OS/c1-13(2)19-20-16(12-23-19)11-21(3)18(22)10-15-9-8-14-6-4-5-7-17(14)15/h4-7,12-13,15H,8-11H2,1-3H3. The van der Waals surface area contributed by atoms with Crippen LogP contribution in [0.25, 0.3) is 0 Å². The van der Waals surface area contributed by atoms with E-state index in [9.17, 15) is 4.79 Å². The monoisotopic (exact) mass is 328 g/mol. The lowest BCUT2D eigenvalue weighted by Crippen LogP contribution is -2.27. The fraction of sp³-hybridized carbons (Fsp3) is 0.474. The van der Waals surface area contributed by atoms with Crippen molar-refractivity contribution in [2.45, 2.75) is 51.5 Å². The van der Waals surface area contributed by atoms with E-state index in [1.54, 1.807) is 11.3 Å². The van der Waals surface area contributed by atoms with Gasteiger partial charge in [-0.05, 0) is 29.9 Å². The number of nitrogens with zero attached hydrogens (tertiary/aromatic N) is 2. The Hall–Kier alpha value is -1.68. The first-order chi connectivity index (χ1) is 11.0. The van der Waals surface area contributed by atoms with Crippen molar-refractivity contribution >= 4 is 17.2 Å². The molecule has 1 amide bonds. The van der Waals surface area contributed by atoms with Gasteiger partial charge in [0.25, 0.3) is 0 Å². The Labute approximate surface area is 142 Å². The largest absolute Gasteiger partial charge is 0.340 e. The van der Waals surface area contributed by atoms with Crippen LogP contribution in [-0.4, -0.2) is 22.8 Å². The van der Waals surface area contributed by atoms with Gasteiger partial charge in [0.15, 0.2) is 0 Å². The Morgan fingerprint density at radius 1 is 1.39 bits per heavy atom. The SMILES string of the molecule is CC(C)c1nc(CN(C)C(=O)CC2CCc3ccccc32)cs1. The molecule has 1 unspecified atom stereocenters. The molecule has 4 heteroatoms. The third-order valence-corrected chi connectivity index (χ3v) is 5.76. The number of hydrogen-bond donors (Lipinski definition) is 0. The number of benzene rings is 1. The summed E-state index contributed by atoms with van der Waals surface area (Å²) in [7, 11) is 1.89. The van der Waals surface area contributed by atoms with Gasteiger partial charge in [0.2, 0.25) is 5.91 Å². The summed E-state index contributed by atoms with van der Waals surface area (Å²) in [6.07, 6.45) is 2.80. The minimum Gasteiger partial charge on any atom is -0.340 e. The van der Waals surface area contributed by atoms with E-state index >= 15 is 0 Å². The van der Waals surface area contributed by atoms with Gasteiger partial charge in [0.1, 0.15) is 0 Å². The molecule has 0 spiro atoms.